The van der Waals surface area contributed by atoms with Gasteiger partial charge in [-0.25, -0.2) is 0 Å². The molecule has 0 aliphatic carbocycles. The number of aliphatic carboxylic acids is 6. The van der Waals surface area contributed by atoms with Gasteiger partial charge in [0.1, 0.15) is 0 Å². The molecule has 0 bridgehead atoms. The fourth-order valence-electron chi connectivity index (χ4n) is 7.36. The largest absolute Gasteiger partial charge is 1.00 e. The summed E-state index contributed by atoms with van der Waals surface area (Å²) in [5.41, 5.74) is 0. The van der Waals surface area contributed by atoms with E-state index in [2.05, 4.69) is 41.5 Å². The zero-order valence-corrected chi connectivity index (χ0v) is 91.5. The molecule has 0 aromatic heterocycles. The van der Waals surface area contributed by atoms with Crippen LogP contribution in [0.15, 0.2) is 0 Å². The SMILES string of the molecule is CCCCCCCCCC(=O)[O-].CCCCCCCCCC(=O)[O-].CCCCCCCCCC(=O)[O-].CCCCCCCCCC(=O)[O-].CCCCCCCCCC(=O)[O-].CCCCCCCCCC(=O)[O-].[Cs+].[Cs+].[Cs+].[Cs+].[Cs+].[Cs+]. The van der Waals surface area contributed by atoms with Crippen molar-refractivity contribution in [2.24, 2.45) is 0 Å². The minimum absolute atomic E-state index is 0. The van der Waals surface area contributed by atoms with E-state index in [0.29, 0.717) is 0 Å². The molecule has 0 unspecified atom stereocenters. The van der Waals surface area contributed by atoms with Crippen LogP contribution in [0.3, 0.4) is 0 Å². The van der Waals surface area contributed by atoms with Crippen LogP contribution in [0.5, 0.6) is 0 Å². The van der Waals surface area contributed by atoms with Crippen molar-refractivity contribution in [1.82, 2.24) is 0 Å². The first-order chi connectivity index (χ1) is 34.6. The molecule has 0 atom stereocenters. The van der Waals surface area contributed by atoms with E-state index in [1.807, 2.05) is 0 Å². The Hall–Kier alpha value is 9.13. The Kier molecular flexibility index (Phi) is 162. The molecule has 0 N–H and O–H groups in total. The molecule has 0 aromatic rings. The number of carbonyl (C=O) groups excluding carboxylic acids is 6. The summed E-state index contributed by atoms with van der Waals surface area (Å²) < 4.78 is 0. The predicted octanol–water partition coefficient (Wildman–Crippen LogP) is -6.71. The monoisotopic (exact) mass is 1820 g/mol. The van der Waals surface area contributed by atoms with E-state index < -0.39 is 35.8 Å². The first kappa shape index (κ1) is 115. The molecule has 432 valence electrons. The average Bonchev–Trinajstić information content (AvgIpc) is 3.33. The molecule has 0 heterocycles. The molecule has 0 aromatic carbocycles. The first-order valence-corrected chi connectivity index (χ1v) is 29.8. The number of carboxylic acid groups (broad SMARTS) is 6. The molecule has 0 aliphatic rings. The maximum atomic E-state index is 10.0. The number of unbranched alkanes of at least 4 members (excludes halogenated alkanes) is 36. The average molecular weight is 1820 g/mol. The van der Waals surface area contributed by atoms with E-state index in [-0.39, 0.29) is 452 Å². The first-order valence-electron chi connectivity index (χ1n) is 29.8. The van der Waals surface area contributed by atoms with Crippen molar-refractivity contribution in [1.29, 1.82) is 0 Å². The number of carboxylic acids is 6. The van der Waals surface area contributed by atoms with Gasteiger partial charge in [-0.15, -0.1) is 0 Å². The maximum Gasteiger partial charge on any atom is 1.00 e. The summed E-state index contributed by atoms with van der Waals surface area (Å²) in [6, 6.07) is 0. The Labute approximate surface area is 835 Å². The number of rotatable bonds is 48. The Morgan fingerprint density at radius 3 is 0.321 bits per heavy atom. The van der Waals surface area contributed by atoms with E-state index in [0.717, 1.165) is 77.0 Å². The van der Waals surface area contributed by atoms with E-state index in [9.17, 15) is 59.4 Å². The second-order valence-corrected chi connectivity index (χ2v) is 19.5. The fourth-order valence-corrected chi connectivity index (χ4v) is 7.36. The van der Waals surface area contributed by atoms with Crippen LogP contribution in [-0.2, 0) is 28.8 Å². The zero-order valence-electron chi connectivity index (χ0n) is 53.8. The molecule has 0 fully saturated rings. The van der Waals surface area contributed by atoms with E-state index in [1.54, 1.807) is 0 Å². The van der Waals surface area contributed by atoms with Gasteiger partial charge in [0.25, 0.3) is 0 Å². The van der Waals surface area contributed by atoms with Gasteiger partial charge in [0.05, 0.1) is 0 Å². The van der Waals surface area contributed by atoms with Gasteiger partial charge >= 0.3 is 413 Å². The topological polar surface area (TPSA) is 241 Å². The molecular formula is C60H114Cs6O12. The third kappa shape index (κ3) is 151. The second kappa shape index (κ2) is 111. The van der Waals surface area contributed by atoms with Crippen LogP contribution in [0.4, 0.5) is 0 Å². The van der Waals surface area contributed by atoms with Crippen molar-refractivity contribution < 1.29 is 473 Å². The molecule has 0 aliphatic heterocycles. The second-order valence-electron chi connectivity index (χ2n) is 19.5. The van der Waals surface area contributed by atoms with Crippen LogP contribution >= 0.6 is 0 Å². The minimum Gasteiger partial charge on any atom is -0.550 e. The van der Waals surface area contributed by atoms with Gasteiger partial charge < -0.3 is 59.4 Å². The molecular weight excluding hydrogens is 1710 g/mol. The summed E-state index contributed by atoms with van der Waals surface area (Å²) >= 11 is 0. The van der Waals surface area contributed by atoms with E-state index in [1.165, 1.54) is 193 Å². The summed E-state index contributed by atoms with van der Waals surface area (Å²) in [4.78, 5) is 60.1. The van der Waals surface area contributed by atoms with Gasteiger partial charge in [0.15, 0.2) is 0 Å². The third-order valence-corrected chi connectivity index (χ3v) is 11.9. The van der Waals surface area contributed by atoms with Crippen molar-refractivity contribution in [3.8, 4) is 0 Å². The van der Waals surface area contributed by atoms with Crippen LogP contribution in [0, 0.1) is 0 Å². The van der Waals surface area contributed by atoms with E-state index in [4.69, 9.17) is 0 Å². The van der Waals surface area contributed by atoms with Crippen molar-refractivity contribution in [3.63, 3.8) is 0 Å². The number of hydrogen-bond acceptors (Lipinski definition) is 12. The van der Waals surface area contributed by atoms with Crippen molar-refractivity contribution in [2.45, 2.75) is 350 Å². The van der Waals surface area contributed by atoms with Crippen molar-refractivity contribution >= 4 is 35.8 Å². The summed E-state index contributed by atoms with van der Waals surface area (Å²) in [5, 5.41) is 60.1. The van der Waals surface area contributed by atoms with E-state index >= 15 is 0 Å². The predicted molar refractivity (Wildman–Crippen MR) is 286 cm³/mol. The summed E-state index contributed by atoms with van der Waals surface area (Å²) in [6.45, 7) is 13.1. The van der Waals surface area contributed by atoms with Crippen LogP contribution < -0.4 is 444 Å². The molecule has 78 heavy (non-hydrogen) atoms. The van der Waals surface area contributed by atoms with Crippen LogP contribution in [0.2, 0.25) is 0 Å². The smallest absolute Gasteiger partial charge is 0.550 e. The minimum atomic E-state index is -0.913. The van der Waals surface area contributed by atoms with Crippen LogP contribution in [0.25, 0.3) is 0 Å². The fraction of sp³-hybridized carbons (Fsp3) is 0.900. The number of carbonyl (C=O) groups is 6. The van der Waals surface area contributed by atoms with Gasteiger partial charge in [0.2, 0.25) is 0 Å². The Balaban J connectivity index is -0.0000000660. The molecule has 0 amide bonds. The van der Waals surface area contributed by atoms with Crippen LogP contribution in [-0.4, -0.2) is 35.8 Å². The Morgan fingerprint density at radius 1 is 0.167 bits per heavy atom. The Morgan fingerprint density at radius 2 is 0.244 bits per heavy atom. The van der Waals surface area contributed by atoms with Crippen molar-refractivity contribution in [3.05, 3.63) is 0 Å². The van der Waals surface area contributed by atoms with Gasteiger partial charge in [0, 0.05) is 35.8 Å². The van der Waals surface area contributed by atoms with Gasteiger partial charge in [-0.1, -0.05) is 273 Å². The zero-order chi connectivity index (χ0) is 55.4. The Bertz CT molecular complexity index is 910. The molecule has 0 saturated heterocycles. The summed E-state index contributed by atoms with van der Waals surface area (Å²) in [5.74, 6) is -5.48. The van der Waals surface area contributed by atoms with Crippen molar-refractivity contribution in [2.75, 3.05) is 0 Å². The quantitative estimate of drug-likeness (QED) is 0.0517. The molecule has 0 radical (unpaired) electrons. The molecule has 0 rings (SSSR count). The van der Waals surface area contributed by atoms with Crippen LogP contribution in [0.1, 0.15) is 350 Å². The molecule has 0 spiro atoms. The molecule has 18 heteroatoms. The van der Waals surface area contributed by atoms with Gasteiger partial charge in [-0.3, -0.25) is 0 Å². The summed E-state index contributed by atoms with van der Waals surface area (Å²) in [6.07, 6.45) is 50.1. The van der Waals surface area contributed by atoms with Gasteiger partial charge in [-0.05, 0) is 77.0 Å². The summed E-state index contributed by atoms with van der Waals surface area (Å²) in [7, 11) is 0. The molecule has 0 saturated carbocycles. The molecule has 12 nitrogen and oxygen atoms in total. The maximum absolute atomic E-state index is 10.0. The van der Waals surface area contributed by atoms with Gasteiger partial charge in [-0.2, -0.15) is 0 Å². The normalized spacial score (nSPS) is 9.31. The third-order valence-electron chi connectivity index (χ3n) is 11.9. The standard InChI is InChI=1S/6C10H20O2.6Cs/c6*1-2-3-4-5-6-7-8-9-10(11)12;;;;;;/h6*2-9H2,1H3,(H,11,12);;;;;;/q;;;;;;6*+1/p-6. The number of hydrogen-bond donors (Lipinski definition) is 0.